The molecule has 0 radical (unpaired) electrons. The van der Waals surface area contributed by atoms with E-state index in [1.807, 2.05) is 12.1 Å². The summed E-state index contributed by atoms with van der Waals surface area (Å²) in [4.78, 5) is 0. The third kappa shape index (κ3) is 2.06. The molecule has 1 heteroatoms. The highest BCUT2D eigenvalue weighted by Gasteiger charge is 2.51. The Balaban J connectivity index is 1.87. The quantitative estimate of drug-likeness (QED) is 0.695. The second-order valence-electron chi connectivity index (χ2n) is 7.44. The van der Waals surface area contributed by atoms with Crippen LogP contribution >= 0.6 is 0 Å². The molecule has 0 bridgehead atoms. The summed E-state index contributed by atoms with van der Waals surface area (Å²) >= 11 is 0. The van der Waals surface area contributed by atoms with Crippen molar-refractivity contribution in [3.63, 3.8) is 0 Å². The Labute approximate surface area is 144 Å². The molecule has 0 aromatic heterocycles. The molecule has 3 atom stereocenters. The minimum atomic E-state index is 0.131. The number of nitriles is 1. The highest BCUT2D eigenvalue weighted by atomic mass is 14.5. The Kier molecular flexibility index (Phi) is 3.57. The summed E-state index contributed by atoms with van der Waals surface area (Å²) in [5, 5.41) is 9.07. The molecule has 0 heterocycles. The lowest BCUT2D eigenvalue weighted by molar-refractivity contribution is 0.336. The van der Waals surface area contributed by atoms with Gasteiger partial charge in [0, 0.05) is 5.41 Å². The lowest BCUT2D eigenvalue weighted by Gasteiger charge is -2.34. The molecule has 0 N–H and O–H groups in total. The SMILES string of the molecule is CC1=C(c2ccc(C#N)cc2)[C@@H]2CCC[C@@H]2[C@]1(C)c1ccccc1. The van der Waals surface area contributed by atoms with Crippen molar-refractivity contribution >= 4 is 5.57 Å². The highest BCUT2D eigenvalue weighted by Crippen LogP contribution is 2.60. The first-order valence-electron chi connectivity index (χ1n) is 8.93. The van der Waals surface area contributed by atoms with Gasteiger partial charge in [-0.3, -0.25) is 0 Å². The van der Waals surface area contributed by atoms with Gasteiger partial charge in [-0.25, -0.2) is 0 Å². The second kappa shape index (κ2) is 5.64. The van der Waals surface area contributed by atoms with Crippen LogP contribution < -0.4 is 0 Å². The van der Waals surface area contributed by atoms with Gasteiger partial charge in [-0.2, -0.15) is 5.26 Å². The molecule has 0 unspecified atom stereocenters. The predicted octanol–water partition coefficient (Wildman–Crippen LogP) is 5.72. The van der Waals surface area contributed by atoms with Crippen LogP contribution in [0.2, 0.25) is 0 Å². The molecule has 0 saturated heterocycles. The van der Waals surface area contributed by atoms with Crippen LogP contribution in [0.3, 0.4) is 0 Å². The summed E-state index contributed by atoms with van der Waals surface area (Å²) in [5.74, 6) is 1.36. The van der Waals surface area contributed by atoms with Crippen molar-refractivity contribution in [2.24, 2.45) is 11.8 Å². The summed E-state index contributed by atoms with van der Waals surface area (Å²) in [5.41, 5.74) is 6.68. The first kappa shape index (κ1) is 15.2. The Bertz CT molecular complexity index is 823. The number of rotatable bonds is 2. The smallest absolute Gasteiger partial charge is 0.0991 e. The van der Waals surface area contributed by atoms with Gasteiger partial charge in [0.25, 0.3) is 0 Å². The lowest BCUT2D eigenvalue weighted by Crippen LogP contribution is -2.30. The average Bonchev–Trinajstić information content (AvgIpc) is 3.19. The fraction of sp³-hybridized carbons (Fsp3) is 0.348. The van der Waals surface area contributed by atoms with E-state index in [9.17, 15) is 0 Å². The summed E-state index contributed by atoms with van der Waals surface area (Å²) in [6.45, 7) is 4.77. The van der Waals surface area contributed by atoms with Gasteiger partial charge in [-0.05, 0) is 60.4 Å². The maximum absolute atomic E-state index is 9.07. The van der Waals surface area contributed by atoms with E-state index in [-0.39, 0.29) is 5.41 Å². The topological polar surface area (TPSA) is 23.8 Å². The van der Waals surface area contributed by atoms with Crippen molar-refractivity contribution in [3.05, 3.63) is 76.9 Å². The summed E-state index contributed by atoms with van der Waals surface area (Å²) in [6.07, 6.45) is 3.93. The highest BCUT2D eigenvalue weighted by molar-refractivity contribution is 5.77. The molecule has 120 valence electrons. The maximum atomic E-state index is 9.07. The van der Waals surface area contributed by atoms with E-state index in [0.717, 1.165) is 5.56 Å². The molecule has 1 saturated carbocycles. The van der Waals surface area contributed by atoms with Gasteiger partial charge in [0.05, 0.1) is 11.6 Å². The monoisotopic (exact) mass is 313 g/mol. The third-order valence-corrected chi connectivity index (χ3v) is 6.51. The van der Waals surface area contributed by atoms with Gasteiger partial charge in [0.15, 0.2) is 0 Å². The zero-order chi connectivity index (χ0) is 16.7. The van der Waals surface area contributed by atoms with Gasteiger partial charge in [-0.15, -0.1) is 0 Å². The van der Waals surface area contributed by atoms with Crippen LogP contribution in [0.25, 0.3) is 5.57 Å². The Morgan fingerprint density at radius 3 is 2.38 bits per heavy atom. The maximum Gasteiger partial charge on any atom is 0.0991 e. The molecular formula is C23H23N. The second-order valence-corrected chi connectivity index (χ2v) is 7.44. The van der Waals surface area contributed by atoms with Gasteiger partial charge in [0.2, 0.25) is 0 Å². The number of allylic oxidation sites excluding steroid dienone is 2. The fourth-order valence-corrected chi connectivity index (χ4v) is 5.20. The fourth-order valence-electron chi connectivity index (χ4n) is 5.20. The van der Waals surface area contributed by atoms with Crippen LogP contribution in [0, 0.1) is 23.2 Å². The van der Waals surface area contributed by atoms with Crippen LogP contribution in [0.15, 0.2) is 60.2 Å². The van der Waals surface area contributed by atoms with Crippen molar-refractivity contribution in [1.82, 2.24) is 0 Å². The van der Waals surface area contributed by atoms with E-state index in [1.165, 1.54) is 41.5 Å². The van der Waals surface area contributed by atoms with E-state index >= 15 is 0 Å². The first-order valence-corrected chi connectivity index (χ1v) is 8.93. The van der Waals surface area contributed by atoms with Crippen molar-refractivity contribution in [2.45, 2.75) is 38.5 Å². The van der Waals surface area contributed by atoms with Crippen molar-refractivity contribution in [2.75, 3.05) is 0 Å². The number of hydrogen-bond acceptors (Lipinski definition) is 1. The Morgan fingerprint density at radius 2 is 1.71 bits per heavy atom. The van der Waals surface area contributed by atoms with E-state index in [1.54, 1.807) is 0 Å². The lowest BCUT2D eigenvalue weighted by atomic mass is 9.69. The number of nitrogens with zero attached hydrogens (tertiary/aromatic N) is 1. The molecule has 2 aliphatic rings. The van der Waals surface area contributed by atoms with Crippen molar-refractivity contribution < 1.29 is 0 Å². The van der Waals surface area contributed by atoms with E-state index < -0.39 is 0 Å². The number of benzene rings is 2. The van der Waals surface area contributed by atoms with Crippen molar-refractivity contribution in [1.29, 1.82) is 5.26 Å². The van der Waals surface area contributed by atoms with Crippen LogP contribution in [0.4, 0.5) is 0 Å². The Morgan fingerprint density at radius 1 is 1.00 bits per heavy atom. The average molecular weight is 313 g/mol. The molecular weight excluding hydrogens is 290 g/mol. The molecule has 2 aromatic carbocycles. The Hall–Kier alpha value is -2.33. The molecule has 0 amide bonds. The molecule has 2 aliphatic carbocycles. The van der Waals surface area contributed by atoms with Crippen LogP contribution in [0.1, 0.15) is 49.8 Å². The zero-order valence-corrected chi connectivity index (χ0v) is 14.4. The van der Waals surface area contributed by atoms with E-state index in [4.69, 9.17) is 5.26 Å². The van der Waals surface area contributed by atoms with Crippen molar-refractivity contribution in [3.8, 4) is 6.07 Å². The third-order valence-electron chi connectivity index (χ3n) is 6.51. The first-order chi connectivity index (χ1) is 11.7. The predicted molar refractivity (Wildman–Crippen MR) is 98.4 cm³/mol. The molecule has 4 rings (SSSR count). The van der Waals surface area contributed by atoms with Gasteiger partial charge in [0.1, 0.15) is 0 Å². The van der Waals surface area contributed by atoms with Gasteiger partial charge >= 0.3 is 0 Å². The minimum absolute atomic E-state index is 0.131. The molecule has 1 fully saturated rings. The zero-order valence-electron chi connectivity index (χ0n) is 14.4. The van der Waals surface area contributed by atoms with Crippen LogP contribution in [0.5, 0.6) is 0 Å². The molecule has 2 aromatic rings. The molecule has 24 heavy (non-hydrogen) atoms. The van der Waals surface area contributed by atoms with E-state index in [2.05, 4.69) is 62.4 Å². The van der Waals surface area contributed by atoms with Gasteiger partial charge in [-0.1, -0.05) is 61.4 Å². The van der Waals surface area contributed by atoms with Crippen LogP contribution in [-0.4, -0.2) is 0 Å². The molecule has 0 aliphatic heterocycles. The minimum Gasteiger partial charge on any atom is -0.192 e. The molecule has 0 spiro atoms. The normalized spacial score (nSPS) is 28.7. The van der Waals surface area contributed by atoms with E-state index in [0.29, 0.717) is 11.8 Å². The largest absolute Gasteiger partial charge is 0.192 e. The van der Waals surface area contributed by atoms with Crippen LogP contribution in [-0.2, 0) is 5.41 Å². The standard InChI is InChI=1S/C23H23N/c1-16-22(18-13-11-17(15-24)12-14-18)20-9-6-10-21(20)23(16,2)19-7-4-3-5-8-19/h3-5,7-8,11-14,20-21H,6,9-10H2,1-2H3/t20-,21+,23+/m1/s1. The van der Waals surface area contributed by atoms with Gasteiger partial charge < -0.3 is 0 Å². The summed E-state index contributed by atoms with van der Waals surface area (Å²) < 4.78 is 0. The number of fused-ring (bicyclic) bond motifs is 1. The summed E-state index contributed by atoms with van der Waals surface area (Å²) in [6, 6.07) is 21.4. The summed E-state index contributed by atoms with van der Waals surface area (Å²) in [7, 11) is 0. The number of hydrogen-bond donors (Lipinski definition) is 0. The molecule has 1 nitrogen and oxygen atoms in total.